The van der Waals surface area contributed by atoms with E-state index in [0.29, 0.717) is 11.3 Å². The maximum atomic E-state index is 11.7. The summed E-state index contributed by atoms with van der Waals surface area (Å²) in [5.74, 6) is -1.67. The molecule has 1 aromatic heterocycles. The topological polar surface area (TPSA) is 94.8 Å². The molecule has 0 aliphatic rings. The van der Waals surface area contributed by atoms with Gasteiger partial charge in [-0.25, -0.2) is 9.59 Å². The van der Waals surface area contributed by atoms with Gasteiger partial charge in [0.05, 0.1) is 18.9 Å². The standard InChI is InChI=1S/C15H13NO6/c1-20-14(18)10-4-6-11(7-5-10)16-13(17)9-22-15(19)12-3-2-8-21-12/h2-8H,9H2,1H3,(H,16,17). The van der Waals surface area contributed by atoms with Crippen LogP contribution < -0.4 is 5.32 Å². The van der Waals surface area contributed by atoms with Crippen LogP contribution in [-0.2, 0) is 14.3 Å². The van der Waals surface area contributed by atoms with Crippen molar-refractivity contribution in [2.45, 2.75) is 0 Å². The molecule has 1 amide bonds. The Balaban J connectivity index is 1.84. The Bertz CT molecular complexity index is 660. The van der Waals surface area contributed by atoms with E-state index in [4.69, 9.17) is 9.15 Å². The number of furan rings is 1. The number of rotatable bonds is 5. The molecule has 2 rings (SSSR count). The summed E-state index contributed by atoms with van der Waals surface area (Å²) in [6, 6.07) is 9.08. The van der Waals surface area contributed by atoms with Crippen LogP contribution in [0, 0.1) is 0 Å². The van der Waals surface area contributed by atoms with E-state index in [2.05, 4.69) is 10.1 Å². The molecule has 22 heavy (non-hydrogen) atoms. The van der Waals surface area contributed by atoms with E-state index in [1.54, 1.807) is 18.2 Å². The first kappa shape index (κ1) is 15.3. The van der Waals surface area contributed by atoms with Crippen LogP contribution in [0.25, 0.3) is 0 Å². The fourth-order valence-corrected chi connectivity index (χ4v) is 1.60. The SMILES string of the molecule is COC(=O)c1ccc(NC(=O)COC(=O)c2ccco2)cc1. The van der Waals surface area contributed by atoms with Gasteiger partial charge in [0.1, 0.15) is 0 Å². The predicted molar refractivity (Wildman–Crippen MR) is 75.4 cm³/mol. The molecular weight excluding hydrogens is 290 g/mol. The van der Waals surface area contributed by atoms with E-state index in [9.17, 15) is 14.4 Å². The zero-order valence-electron chi connectivity index (χ0n) is 11.7. The van der Waals surface area contributed by atoms with Gasteiger partial charge >= 0.3 is 11.9 Å². The molecule has 0 saturated carbocycles. The van der Waals surface area contributed by atoms with Gasteiger partial charge in [0.25, 0.3) is 5.91 Å². The van der Waals surface area contributed by atoms with Gasteiger partial charge in [-0.05, 0) is 36.4 Å². The lowest BCUT2D eigenvalue weighted by atomic mass is 10.2. The van der Waals surface area contributed by atoms with E-state index in [1.165, 1.54) is 31.6 Å². The number of methoxy groups -OCH3 is 1. The van der Waals surface area contributed by atoms with Gasteiger partial charge in [-0.3, -0.25) is 4.79 Å². The van der Waals surface area contributed by atoms with Gasteiger partial charge in [0, 0.05) is 5.69 Å². The van der Waals surface area contributed by atoms with Crippen molar-refractivity contribution in [2.75, 3.05) is 19.0 Å². The molecule has 0 spiro atoms. The number of benzene rings is 1. The minimum absolute atomic E-state index is 0.0234. The largest absolute Gasteiger partial charge is 0.465 e. The summed E-state index contributed by atoms with van der Waals surface area (Å²) >= 11 is 0. The van der Waals surface area contributed by atoms with Gasteiger partial charge in [0.15, 0.2) is 6.61 Å². The molecule has 1 aromatic carbocycles. The third-order valence-electron chi connectivity index (χ3n) is 2.65. The molecule has 2 aromatic rings. The summed E-state index contributed by atoms with van der Waals surface area (Å²) in [5.41, 5.74) is 0.830. The second kappa shape index (κ2) is 7.07. The van der Waals surface area contributed by atoms with Crippen molar-refractivity contribution in [3.63, 3.8) is 0 Å². The van der Waals surface area contributed by atoms with Gasteiger partial charge in [-0.2, -0.15) is 0 Å². The van der Waals surface area contributed by atoms with Crippen molar-refractivity contribution >= 4 is 23.5 Å². The highest BCUT2D eigenvalue weighted by molar-refractivity contribution is 5.95. The number of carbonyl (C=O) groups excluding carboxylic acids is 3. The molecule has 1 N–H and O–H groups in total. The normalized spacial score (nSPS) is 9.86. The average molecular weight is 303 g/mol. The Morgan fingerprint density at radius 2 is 1.82 bits per heavy atom. The summed E-state index contributed by atoms with van der Waals surface area (Å²) in [6.45, 7) is -0.446. The summed E-state index contributed by atoms with van der Waals surface area (Å²) in [5, 5.41) is 2.53. The van der Waals surface area contributed by atoms with Gasteiger partial charge < -0.3 is 19.2 Å². The lowest BCUT2D eigenvalue weighted by Gasteiger charge is -2.06. The first-order chi connectivity index (χ1) is 10.6. The maximum absolute atomic E-state index is 11.7. The Morgan fingerprint density at radius 3 is 2.41 bits per heavy atom. The quantitative estimate of drug-likeness (QED) is 0.847. The highest BCUT2D eigenvalue weighted by atomic mass is 16.5. The molecule has 114 valence electrons. The van der Waals surface area contributed by atoms with Gasteiger partial charge in [-0.1, -0.05) is 0 Å². The third-order valence-corrected chi connectivity index (χ3v) is 2.65. The lowest BCUT2D eigenvalue weighted by Crippen LogP contribution is -2.20. The Hall–Kier alpha value is -3.09. The van der Waals surface area contributed by atoms with Crippen LogP contribution in [-0.4, -0.2) is 31.6 Å². The predicted octanol–water partition coefficient (Wildman–Crippen LogP) is 1.86. The van der Waals surface area contributed by atoms with Crippen molar-refractivity contribution < 1.29 is 28.3 Å². The number of esters is 2. The number of amides is 1. The summed E-state index contributed by atoms with van der Waals surface area (Å²) in [7, 11) is 1.28. The highest BCUT2D eigenvalue weighted by Crippen LogP contribution is 2.10. The Labute approximate surface area is 125 Å². The number of nitrogens with one attached hydrogen (secondary N) is 1. The van der Waals surface area contributed by atoms with E-state index < -0.39 is 24.5 Å². The van der Waals surface area contributed by atoms with Crippen LogP contribution >= 0.6 is 0 Å². The third kappa shape index (κ3) is 3.95. The van der Waals surface area contributed by atoms with E-state index >= 15 is 0 Å². The summed E-state index contributed by atoms with van der Waals surface area (Å²) in [4.78, 5) is 34.4. The number of anilines is 1. The first-order valence-corrected chi connectivity index (χ1v) is 6.29. The number of carbonyl (C=O) groups is 3. The van der Waals surface area contributed by atoms with Crippen LogP contribution in [0.15, 0.2) is 47.1 Å². The van der Waals surface area contributed by atoms with Crippen LogP contribution in [0.1, 0.15) is 20.9 Å². The number of ether oxygens (including phenoxy) is 2. The van der Waals surface area contributed by atoms with Crippen LogP contribution in [0.2, 0.25) is 0 Å². The summed E-state index contributed by atoms with van der Waals surface area (Å²) < 4.78 is 14.2. The minimum Gasteiger partial charge on any atom is -0.465 e. The zero-order valence-corrected chi connectivity index (χ0v) is 11.7. The smallest absolute Gasteiger partial charge is 0.374 e. The Morgan fingerprint density at radius 1 is 1.09 bits per heavy atom. The summed E-state index contributed by atoms with van der Waals surface area (Å²) in [6.07, 6.45) is 1.33. The molecule has 0 aliphatic heterocycles. The Kier molecular flexibility index (Phi) is 4.92. The molecule has 0 atom stereocenters. The molecule has 7 nitrogen and oxygen atoms in total. The molecule has 0 bridgehead atoms. The molecule has 0 saturated heterocycles. The van der Waals surface area contributed by atoms with Crippen molar-refractivity contribution in [3.8, 4) is 0 Å². The fourth-order valence-electron chi connectivity index (χ4n) is 1.60. The van der Waals surface area contributed by atoms with Gasteiger partial charge in [0.2, 0.25) is 5.76 Å². The van der Waals surface area contributed by atoms with Crippen LogP contribution in [0.5, 0.6) is 0 Å². The molecule has 0 fully saturated rings. The second-order valence-corrected chi connectivity index (χ2v) is 4.17. The number of hydrogen-bond acceptors (Lipinski definition) is 6. The van der Waals surface area contributed by atoms with E-state index in [-0.39, 0.29) is 5.76 Å². The van der Waals surface area contributed by atoms with Crippen molar-refractivity contribution in [3.05, 3.63) is 54.0 Å². The molecule has 0 aliphatic carbocycles. The molecular formula is C15H13NO6. The van der Waals surface area contributed by atoms with Crippen molar-refractivity contribution in [1.29, 1.82) is 0 Å². The zero-order chi connectivity index (χ0) is 15.9. The van der Waals surface area contributed by atoms with Crippen molar-refractivity contribution in [2.24, 2.45) is 0 Å². The average Bonchev–Trinajstić information content (AvgIpc) is 3.07. The monoisotopic (exact) mass is 303 g/mol. The van der Waals surface area contributed by atoms with E-state index in [1.807, 2.05) is 0 Å². The van der Waals surface area contributed by atoms with Gasteiger partial charge in [-0.15, -0.1) is 0 Å². The fraction of sp³-hybridized carbons (Fsp3) is 0.133. The van der Waals surface area contributed by atoms with Crippen LogP contribution in [0.3, 0.4) is 0 Å². The highest BCUT2D eigenvalue weighted by Gasteiger charge is 2.12. The van der Waals surface area contributed by atoms with Crippen LogP contribution in [0.4, 0.5) is 5.69 Å². The molecule has 0 radical (unpaired) electrons. The number of hydrogen-bond donors (Lipinski definition) is 1. The second-order valence-electron chi connectivity index (χ2n) is 4.17. The van der Waals surface area contributed by atoms with E-state index in [0.717, 1.165) is 0 Å². The minimum atomic E-state index is -0.721. The molecule has 7 heteroatoms. The first-order valence-electron chi connectivity index (χ1n) is 6.29. The lowest BCUT2D eigenvalue weighted by molar-refractivity contribution is -0.119. The van der Waals surface area contributed by atoms with Crippen molar-refractivity contribution in [1.82, 2.24) is 0 Å². The maximum Gasteiger partial charge on any atom is 0.374 e. The molecule has 1 heterocycles. The molecule has 0 unspecified atom stereocenters.